The summed E-state index contributed by atoms with van der Waals surface area (Å²) in [7, 11) is 0. The highest BCUT2D eigenvalue weighted by atomic mass is 127. The van der Waals surface area contributed by atoms with Crippen molar-refractivity contribution in [3.05, 3.63) is 39.0 Å². The van der Waals surface area contributed by atoms with Crippen molar-refractivity contribution in [2.75, 3.05) is 0 Å². The van der Waals surface area contributed by atoms with E-state index in [2.05, 4.69) is 22.6 Å². The number of benzene rings is 1. The van der Waals surface area contributed by atoms with Crippen LogP contribution in [0.3, 0.4) is 0 Å². The molecule has 2 N–H and O–H groups in total. The van der Waals surface area contributed by atoms with Gasteiger partial charge in [0.15, 0.2) is 0 Å². The summed E-state index contributed by atoms with van der Waals surface area (Å²) < 4.78 is 0.990. The molecule has 0 unspecified atom stereocenters. The minimum absolute atomic E-state index is 0.0772. The number of urea groups is 1. The summed E-state index contributed by atoms with van der Waals surface area (Å²) in [6, 6.07) is 6.52. The van der Waals surface area contributed by atoms with Gasteiger partial charge in [-0.25, -0.2) is 4.79 Å². The van der Waals surface area contributed by atoms with Gasteiger partial charge in [0.25, 0.3) is 11.8 Å². The number of rotatable bonds is 1. The Balaban J connectivity index is 2.36. The molecule has 0 atom stereocenters. The largest absolute Gasteiger partial charge is 0.328 e. The van der Waals surface area contributed by atoms with E-state index < -0.39 is 17.8 Å². The topological polar surface area (TPSA) is 75.3 Å². The van der Waals surface area contributed by atoms with Crippen LogP contribution in [-0.4, -0.2) is 17.8 Å². The van der Waals surface area contributed by atoms with Crippen molar-refractivity contribution in [2.45, 2.75) is 0 Å². The first kappa shape index (κ1) is 11.8. The van der Waals surface area contributed by atoms with Gasteiger partial charge in [-0.3, -0.25) is 20.2 Å². The van der Waals surface area contributed by atoms with Gasteiger partial charge in [-0.15, -0.1) is 0 Å². The normalized spacial score (nSPS) is 15.4. The molecule has 0 aliphatic carbocycles. The number of barbiturate groups is 1. The number of nitrogens with one attached hydrogen (secondary N) is 2. The van der Waals surface area contributed by atoms with Crippen LogP contribution in [0.2, 0.25) is 0 Å². The predicted octanol–water partition coefficient (Wildman–Crippen LogP) is 1.04. The van der Waals surface area contributed by atoms with E-state index in [1.54, 1.807) is 6.07 Å². The van der Waals surface area contributed by atoms with Gasteiger partial charge in [0.05, 0.1) is 0 Å². The molecule has 0 spiro atoms. The molecule has 17 heavy (non-hydrogen) atoms. The van der Waals surface area contributed by atoms with Crippen LogP contribution < -0.4 is 10.6 Å². The van der Waals surface area contributed by atoms with Gasteiger partial charge in [0, 0.05) is 3.57 Å². The molecule has 2 rings (SSSR count). The Kier molecular flexibility index (Phi) is 3.23. The van der Waals surface area contributed by atoms with E-state index >= 15 is 0 Å². The van der Waals surface area contributed by atoms with Crippen LogP contribution in [0.4, 0.5) is 4.79 Å². The van der Waals surface area contributed by atoms with E-state index in [0.29, 0.717) is 0 Å². The lowest BCUT2D eigenvalue weighted by Crippen LogP contribution is -2.51. The van der Waals surface area contributed by atoms with Crippen LogP contribution in [0.1, 0.15) is 5.56 Å². The lowest BCUT2D eigenvalue weighted by atomic mass is 10.1. The SMILES string of the molecule is O=C1NC(=O)C(=Cc2cccc(I)c2)C(=O)N1. The standard InChI is InChI=1S/C11H7IN2O3/c12-7-3-1-2-6(4-7)5-8-9(15)13-11(17)14-10(8)16/h1-5H,(H2,13,14,15,16,17). The highest BCUT2D eigenvalue weighted by molar-refractivity contribution is 14.1. The molecule has 1 aliphatic rings. The van der Waals surface area contributed by atoms with Gasteiger partial charge in [-0.2, -0.15) is 0 Å². The number of carbonyl (C=O) groups excluding carboxylic acids is 3. The van der Waals surface area contributed by atoms with Crippen molar-refractivity contribution >= 4 is 46.5 Å². The van der Waals surface area contributed by atoms with E-state index in [1.807, 2.05) is 28.8 Å². The number of carbonyl (C=O) groups is 3. The maximum absolute atomic E-state index is 11.4. The Labute approximate surface area is 110 Å². The molecule has 0 bridgehead atoms. The second kappa shape index (κ2) is 4.66. The van der Waals surface area contributed by atoms with Crippen LogP contribution in [0.15, 0.2) is 29.8 Å². The fourth-order valence-corrected chi connectivity index (χ4v) is 1.94. The van der Waals surface area contributed by atoms with E-state index in [0.717, 1.165) is 9.13 Å². The van der Waals surface area contributed by atoms with Gasteiger partial charge in [-0.1, -0.05) is 12.1 Å². The molecule has 0 saturated carbocycles. The molecule has 0 radical (unpaired) electrons. The quantitative estimate of drug-likeness (QED) is 0.455. The summed E-state index contributed by atoms with van der Waals surface area (Å²) >= 11 is 2.13. The van der Waals surface area contributed by atoms with Gasteiger partial charge in [0.2, 0.25) is 0 Å². The van der Waals surface area contributed by atoms with E-state index in [4.69, 9.17) is 0 Å². The Morgan fingerprint density at radius 3 is 2.29 bits per heavy atom. The zero-order chi connectivity index (χ0) is 12.4. The number of hydrogen-bond donors (Lipinski definition) is 2. The summed E-state index contributed by atoms with van der Waals surface area (Å²) in [6.45, 7) is 0. The molecule has 6 heteroatoms. The van der Waals surface area contributed by atoms with Crippen LogP contribution in [0.5, 0.6) is 0 Å². The molecule has 1 aromatic carbocycles. The van der Waals surface area contributed by atoms with E-state index in [-0.39, 0.29) is 5.57 Å². The Morgan fingerprint density at radius 2 is 1.71 bits per heavy atom. The molecular weight excluding hydrogens is 335 g/mol. The predicted molar refractivity (Wildman–Crippen MR) is 68.8 cm³/mol. The Morgan fingerprint density at radius 1 is 1.06 bits per heavy atom. The fraction of sp³-hybridized carbons (Fsp3) is 0. The molecule has 1 aromatic rings. The van der Waals surface area contributed by atoms with E-state index in [9.17, 15) is 14.4 Å². The first-order valence-electron chi connectivity index (χ1n) is 4.70. The van der Waals surface area contributed by atoms with Gasteiger partial charge in [0.1, 0.15) is 5.57 Å². The van der Waals surface area contributed by atoms with Crippen LogP contribution in [0.25, 0.3) is 6.08 Å². The lowest BCUT2D eigenvalue weighted by Gasteiger charge is -2.13. The fourth-order valence-electron chi connectivity index (χ4n) is 1.37. The van der Waals surface area contributed by atoms with Crippen molar-refractivity contribution < 1.29 is 14.4 Å². The summed E-state index contributed by atoms with van der Waals surface area (Å²) in [4.78, 5) is 33.7. The third kappa shape index (κ3) is 2.70. The molecule has 5 nitrogen and oxygen atoms in total. The third-order valence-corrected chi connectivity index (χ3v) is 2.77. The van der Waals surface area contributed by atoms with Crippen molar-refractivity contribution in [1.82, 2.24) is 10.6 Å². The number of hydrogen-bond acceptors (Lipinski definition) is 3. The van der Waals surface area contributed by atoms with Crippen LogP contribution in [0, 0.1) is 3.57 Å². The highest BCUT2D eigenvalue weighted by Crippen LogP contribution is 2.12. The minimum atomic E-state index is -0.792. The highest BCUT2D eigenvalue weighted by Gasteiger charge is 2.27. The van der Waals surface area contributed by atoms with Crippen molar-refractivity contribution in [1.29, 1.82) is 0 Å². The van der Waals surface area contributed by atoms with E-state index in [1.165, 1.54) is 6.08 Å². The zero-order valence-electron chi connectivity index (χ0n) is 8.49. The number of imide groups is 2. The second-order valence-electron chi connectivity index (χ2n) is 3.35. The van der Waals surface area contributed by atoms with Crippen molar-refractivity contribution in [2.24, 2.45) is 0 Å². The molecule has 1 heterocycles. The summed E-state index contributed by atoms with van der Waals surface area (Å²) in [5.41, 5.74) is 0.651. The first-order chi connectivity index (χ1) is 8.06. The van der Waals surface area contributed by atoms with Crippen LogP contribution >= 0.6 is 22.6 Å². The van der Waals surface area contributed by atoms with Crippen LogP contribution in [-0.2, 0) is 9.59 Å². The van der Waals surface area contributed by atoms with Crippen molar-refractivity contribution in [3.8, 4) is 0 Å². The molecule has 1 aliphatic heterocycles. The summed E-state index contributed by atoms with van der Waals surface area (Å²) in [5, 5.41) is 4.03. The monoisotopic (exact) mass is 342 g/mol. The first-order valence-corrected chi connectivity index (χ1v) is 5.78. The van der Waals surface area contributed by atoms with Gasteiger partial charge < -0.3 is 0 Å². The van der Waals surface area contributed by atoms with Gasteiger partial charge >= 0.3 is 6.03 Å². The minimum Gasteiger partial charge on any atom is -0.273 e. The third-order valence-electron chi connectivity index (χ3n) is 2.10. The molecule has 0 aromatic heterocycles. The maximum atomic E-state index is 11.4. The average molecular weight is 342 g/mol. The number of amides is 4. The molecule has 1 fully saturated rings. The molecule has 1 saturated heterocycles. The second-order valence-corrected chi connectivity index (χ2v) is 4.60. The number of halogens is 1. The Hall–Kier alpha value is -1.70. The molecule has 86 valence electrons. The smallest absolute Gasteiger partial charge is 0.273 e. The van der Waals surface area contributed by atoms with Gasteiger partial charge in [-0.05, 0) is 46.4 Å². The summed E-state index contributed by atoms with van der Waals surface area (Å²) in [5.74, 6) is -1.37. The molecular formula is C11H7IN2O3. The zero-order valence-corrected chi connectivity index (χ0v) is 10.6. The lowest BCUT2D eigenvalue weighted by molar-refractivity contribution is -0.123. The average Bonchev–Trinajstić information content (AvgIpc) is 2.23. The maximum Gasteiger partial charge on any atom is 0.328 e. The van der Waals surface area contributed by atoms with Crippen molar-refractivity contribution in [3.63, 3.8) is 0 Å². The Bertz CT molecular complexity index is 529. The molecule has 4 amide bonds. The summed E-state index contributed by atoms with van der Waals surface area (Å²) in [6.07, 6.45) is 1.44.